The molecule has 2 aromatic rings. The highest BCUT2D eigenvalue weighted by atomic mass is 32.1. The number of anilines is 1. The third kappa shape index (κ3) is 3.14. The van der Waals surface area contributed by atoms with Gasteiger partial charge in [0.2, 0.25) is 0 Å². The van der Waals surface area contributed by atoms with Crippen LogP contribution in [0.1, 0.15) is 24.3 Å². The predicted molar refractivity (Wildman–Crippen MR) is 83.1 cm³/mol. The summed E-state index contributed by atoms with van der Waals surface area (Å²) >= 11 is 1.47. The van der Waals surface area contributed by atoms with Crippen LogP contribution in [0.25, 0.3) is 10.2 Å². The second kappa shape index (κ2) is 5.95. The minimum Gasteiger partial charge on any atom is -0.379 e. The lowest BCUT2D eigenvalue weighted by molar-refractivity contribution is -0.383. The lowest BCUT2D eigenvalue weighted by Gasteiger charge is -2.11. The molecule has 6 nitrogen and oxygen atoms in total. The predicted octanol–water partition coefficient (Wildman–Crippen LogP) is 3.49. The van der Waals surface area contributed by atoms with Crippen molar-refractivity contribution in [1.82, 2.24) is 4.98 Å². The van der Waals surface area contributed by atoms with Crippen molar-refractivity contribution in [3.05, 3.63) is 27.3 Å². The second-order valence-corrected chi connectivity index (χ2v) is 6.41. The summed E-state index contributed by atoms with van der Waals surface area (Å²) < 4.78 is 6.41. The van der Waals surface area contributed by atoms with Gasteiger partial charge in [0.15, 0.2) is 0 Å². The summed E-state index contributed by atoms with van der Waals surface area (Å²) in [6.45, 7) is 3.40. The zero-order valence-electron chi connectivity index (χ0n) is 11.8. The van der Waals surface area contributed by atoms with E-state index in [1.165, 1.54) is 11.3 Å². The molecule has 3 rings (SSSR count). The molecule has 0 radical (unpaired) electrons. The zero-order valence-corrected chi connectivity index (χ0v) is 12.6. The molecule has 1 fully saturated rings. The molecule has 1 N–H and O–H groups in total. The topological polar surface area (TPSA) is 77.3 Å². The first-order valence-corrected chi connectivity index (χ1v) is 7.86. The van der Waals surface area contributed by atoms with Crippen molar-refractivity contribution in [2.45, 2.75) is 32.3 Å². The van der Waals surface area contributed by atoms with Crippen molar-refractivity contribution in [3.63, 3.8) is 0 Å². The van der Waals surface area contributed by atoms with Gasteiger partial charge in [-0.3, -0.25) is 10.1 Å². The molecular formula is C14H17N3O3S. The molecule has 0 aliphatic carbocycles. The minimum atomic E-state index is -0.344. The van der Waals surface area contributed by atoms with Gasteiger partial charge in [-0.15, -0.1) is 11.3 Å². The van der Waals surface area contributed by atoms with Crippen molar-refractivity contribution in [1.29, 1.82) is 0 Å². The van der Waals surface area contributed by atoms with E-state index in [9.17, 15) is 10.1 Å². The molecule has 1 unspecified atom stereocenters. The summed E-state index contributed by atoms with van der Waals surface area (Å²) in [4.78, 5) is 15.3. The van der Waals surface area contributed by atoms with Crippen molar-refractivity contribution in [3.8, 4) is 0 Å². The zero-order chi connectivity index (χ0) is 14.8. The smallest absolute Gasteiger partial charge is 0.293 e. The number of thiazole rings is 1. The van der Waals surface area contributed by atoms with Crippen molar-refractivity contribution >= 4 is 32.9 Å². The molecule has 2 heterocycles. The molecule has 1 atom stereocenters. The van der Waals surface area contributed by atoms with E-state index >= 15 is 0 Å². The Morgan fingerprint density at radius 3 is 3.14 bits per heavy atom. The van der Waals surface area contributed by atoms with E-state index in [1.807, 2.05) is 6.92 Å². The Bertz CT molecular complexity index is 665. The first-order chi connectivity index (χ1) is 10.1. The molecule has 1 aromatic carbocycles. The summed E-state index contributed by atoms with van der Waals surface area (Å²) in [6.07, 6.45) is 3.33. The van der Waals surface area contributed by atoms with Crippen LogP contribution in [0, 0.1) is 17.0 Å². The minimum absolute atomic E-state index is 0.110. The SMILES string of the molecule is Cc1nc2cc(NCCC3CCCO3)c([N+](=O)[O-])cc2s1. The number of benzene rings is 1. The Morgan fingerprint density at radius 1 is 1.57 bits per heavy atom. The van der Waals surface area contributed by atoms with Gasteiger partial charge in [0.1, 0.15) is 5.69 Å². The van der Waals surface area contributed by atoms with Crippen molar-refractivity contribution < 1.29 is 9.66 Å². The lowest BCUT2D eigenvalue weighted by Crippen LogP contribution is -2.13. The quantitative estimate of drug-likeness (QED) is 0.676. The molecule has 1 aliphatic rings. The molecule has 0 amide bonds. The van der Waals surface area contributed by atoms with Crippen LogP contribution in [-0.2, 0) is 4.74 Å². The summed E-state index contributed by atoms with van der Waals surface area (Å²) in [6, 6.07) is 3.38. The van der Waals surface area contributed by atoms with Crippen LogP contribution in [0.4, 0.5) is 11.4 Å². The fourth-order valence-corrected chi connectivity index (χ4v) is 3.45. The van der Waals surface area contributed by atoms with E-state index in [4.69, 9.17) is 4.74 Å². The summed E-state index contributed by atoms with van der Waals surface area (Å²) in [7, 11) is 0. The van der Waals surface area contributed by atoms with E-state index in [-0.39, 0.29) is 16.7 Å². The highest BCUT2D eigenvalue weighted by Gasteiger charge is 2.18. The largest absolute Gasteiger partial charge is 0.379 e. The maximum Gasteiger partial charge on any atom is 0.293 e. The van der Waals surface area contributed by atoms with Crippen LogP contribution in [-0.4, -0.2) is 29.2 Å². The van der Waals surface area contributed by atoms with Crippen molar-refractivity contribution in [2.75, 3.05) is 18.5 Å². The van der Waals surface area contributed by atoms with Crippen LogP contribution < -0.4 is 5.32 Å². The van der Waals surface area contributed by atoms with Gasteiger partial charge in [0.05, 0.1) is 26.3 Å². The van der Waals surface area contributed by atoms with Crippen LogP contribution in [0.2, 0.25) is 0 Å². The van der Waals surface area contributed by atoms with Gasteiger partial charge in [-0.2, -0.15) is 0 Å². The lowest BCUT2D eigenvalue weighted by atomic mass is 10.2. The summed E-state index contributed by atoms with van der Waals surface area (Å²) in [5.74, 6) is 0. The second-order valence-electron chi connectivity index (χ2n) is 5.18. The molecule has 1 aromatic heterocycles. The molecule has 7 heteroatoms. The fourth-order valence-electron chi connectivity index (χ4n) is 2.61. The molecule has 0 spiro atoms. The Labute approximate surface area is 126 Å². The first-order valence-electron chi connectivity index (χ1n) is 7.04. The average molecular weight is 307 g/mol. The number of aryl methyl sites for hydroxylation is 1. The van der Waals surface area contributed by atoms with E-state index < -0.39 is 0 Å². The standard InChI is InChI=1S/C14H17N3O3S/c1-9-16-12-7-11(13(17(18)19)8-14(12)21-9)15-5-4-10-3-2-6-20-10/h7-8,10,15H,2-6H2,1H3. The van der Waals surface area contributed by atoms with E-state index in [0.717, 1.165) is 41.1 Å². The molecule has 0 saturated carbocycles. The fraction of sp³-hybridized carbons (Fsp3) is 0.500. The number of nitrogens with one attached hydrogen (secondary N) is 1. The normalized spacial score (nSPS) is 18.2. The van der Waals surface area contributed by atoms with Gasteiger partial charge in [-0.05, 0) is 32.3 Å². The van der Waals surface area contributed by atoms with Gasteiger partial charge >= 0.3 is 0 Å². The van der Waals surface area contributed by atoms with Crippen LogP contribution in [0.15, 0.2) is 12.1 Å². The van der Waals surface area contributed by atoms with Gasteiger partial charge in [0, 0.05) is 19.2 Å². The molecular weight excluding hydrogens is 290 g/mol. The van der Waals surface area contributed by atoms with Gasteiger partial charge in [0.25, 0.3) is 5.69 Å². The summed E-state index contributed by atoms with van der Waals surface area (Å²) in [5, 5.41) is 15.3. The Balaban J connectivity index is 1.78. The number of aromatic nitrogens is 1. The van der Waals surface area contributed by atoms with Gasteiger partial charge in [-0.1, -0.05) is 0 Å². The van der Waals surface area contributed by atoms with E-state index in [1.54, 1.807) is 12.1 Å². The number of ether oxygens (including phenoxy) is 1. The van der Waals surface area contributed by atoms with Gasteiger partial charge < -0.3 is 10.1 Å². The average Bonchev–Trinajstić information content (AvgIpc) is 3.05. The number of rotatable bonds is 5. The van der Waals surface area contributed by atoms with E-state index in [2.05, 4.69) is 10.3 Å². The third-order valence-corrected chi connectivity index (χ3v) is 4.55. The number of fused-ring (bicyclic) bond motifs is 1. The molecule has 21 heavy (non-hydrogen) atoms. The number of nitro groups is 1. The number of hydrogen-bond donors (Lipinski definition) is 1. The monoisotopic (exact) mass is 307 g/mol. The van der Waals surface area contributed by atoms with Crippen LogP contribution in [0.3, 0.4) is 0 Å². The third-order valence-electron chi connectivity index (χ3n) is 3.62. The highest BCUT2D eigenvalue weighted by Crippen LogP contribution is 2.33. The number of nitrogens with zero attached hydrogens (tertiary/aromatic N) is 2. The van der Waals surface area contributed by atoms with Crippen LogP contribution >= 0.6 is 11.3 Å². The number of nitro benzene ring substituents is 1. The maximum atomic E-state index is 11.2. The van der Waals surface area contributed by atoms with Crippen molar-refractivity contribution in [2.24, 2.45) is 0 Å². The molecule has 1 aliphatic heterocycles. The molecule has 0 bridgehead atoms. The van der Waals surface area contributed by atoms with E-state index in [0.29, 0.717) is 12.2 Å². The Kier molecular flexibility index (Phi) is 4.03. The first kappa shape index (κ1) is 14.2. The Morgan fingerprint density at radius 2 is 2.43 bits per heavy atom. The molecule has 112 valence electrons. The van der Waals surface area contributed by atoms with Crippen LogP contribution in [0.5, 0.6) is 0 Å². The maximum absolute atomic E-state index is 11.2. The Hall–Kier alpha value is -1.73. The van der Waals surface area contributed by atoms with Gasteiger partial charge in [-0.25, -0.2) is 4.98 Å². The number of hydrogen-bond acceptors (Lipinski definition) is 6. The molecule has 1 saturated heterocycles. The summed E-state index contributed by atoms with van der Waals surface area (Å²) in [5.41, 5.74) is 1.46. The highest BCUT2D eigenvalue weighted by molar-refractivity contribution is 7.18.